The van der Waals surface area contributed by atoms with E-state index in [0.29, 0.717) is 60.2 Å². The topological polar surface area (TPSA) is 88.5 Å². The third kappa shape index (κ3) is 5.89. The van der Waals surface area contributed by atoms with Crippen LogP contribution in [0.25, 0.3) is 0 Å². The number of amidine groups is 1. The standard InChI is InChI=1S/C27H32FN3O5S/c1-5-35-25(33)18-9-11-30(12-10-18)22(32)14-21-15-37-27-29-17(4)23(26(34)36-16(2)3)24(31(21)27)19-7-6-8-20(28)13-19/h6-8,13,15-16,18,24H,5,9-12,14H2,1-4H3/t24-/m0/s1. The molecule has 37 heavy (non-hydrogen) atoms. The highest BCUT2D eigenvalue weighted by atomic mass is 32.2. The number of benzene rings is 1. The Hall–Kier alpha value is -3.14. The smallest absolute Gasteiger partial charge is 0.338 e. The van der Waals surface area contributed by atoms with Gasteiger partial charge in [0.15, 0.2) is 5.17 Å². The molecule has 1 aromatic carbocycles. The number of halogens is 1. The number of likely N-dealkylation sites (tertiary alicyclic amines) is 1. The van der Waals surface area contributed by atoms with Crippen LogP contribution in [0.5, 0.6) is 0 Å². The summed E-state index contributed by atoms with van der Waals surface area (Å²) in [5.74, 6) is -1.42. The molecule has 3 aliphatic rings. The zero-order valence-electron chi connectivity index (χ0n) is 21.5. The second-order valence-electron chi connectivity index (χ2n) is 9.49. The Bertz CT molecular complexity index is 1170. The van der Waals surface area contributed by atoms with Crippen LogP contribution in [-0.2, 0) is 23.9 Å². The maximum Gasteiger partial charge on any atom is 0.338 e. The van der Waals surface area contributed by atoms with Crippen LogP contribution in [-0.4, -0.2) is 58.6 Å². The van der Waals surface area contributed by atoms with Crippen LogP contribution < -0.4 is 0 Å². The first-order chi connectivity index (χ1) is 17.7. The molecule has 1 saturated heterocycles. The Labute approximate surface area is 220 Å². The Kier molecular flexibility index (Phi) is 8.36. The normalized spacial score (nSPS) is 20.0. The van der Waals surface area contributed by atoms with Gasteiger partial charge in [-0.05, 0) is 63.6 Å². The van der Waals surface area contributed by atoms with Gasteiger partial charge in [-0.15, -0.1) is 0 Å². The van der Waals surface area contributed by atoms with E-state index in [1.807, 2.05) is 10.3 Å². The number of hydrogen-bond donors (Lipinski definition) is 0. The first kappa shape index (κ1) is 26.9. The van der Waals surface area contributed by atoms with Crippen molar-refractivity contribution in [1.82, 2.24) is 9.80 Å². The molecule has 0 N–H and O–H groups in total. The van der Waals surface area contributed by atoms with E-state index >= 15 is 0 Å². The van der Waals surface area contributed by atoms with E-state index in [2.05, 4.69) is 4.99 Å². The fourth-order valence-corrected chi connectivity index (χ4v) is 5.76. The lowest BCUT2D eigenvalue weighted by Crippen LogP contribution is -2.42. The Morgan fingerprint density at radius 3 is 2.59 bits per heavy atom. The summed E-state index contributed by atoms with van der Waals surface area (Å²) in [7, 11) is 0. The zero-order valence-corrected chi connectivity index (χ0v) is 22.3. The number of ether oxygens (including phenoxy) is 2. The molecule has 1 amide bonds. The average Bonchev–Trinajstić information content (AvgIpc) is 3.24. The van der Waals surface area contributed by atoms with Crippen molar-refractivity contribution in [2.45, 2.75) is 59.1 Å². The van der Waals surface area contributed by atoms with Crippen LogP contribution in [0.15, 0.2) is 51.6 Å². The number of hydrogen-bond acceptors (Lipinski definition) is 8. The summed E-state index contributed by atoms with van der Waals surface area (Å²) in [4.78, 5) is 46.7. The van der Waals surface area contributed by atoms with Crippen molar-refractivity contribution in [2.75, 3.05) is 19.7 Å². The van der Waals surface area contributed by atoms with Crippen LogP contribution in [0, 0.1) is 11.7 Å². The van der Waals surface area contributed by atoms with Gasteiger partial charge >= 0.3 is 11.9 Å². The largest absolute Gasteiger partial charge is 0.466 e. The summed E-state index contributed by atoms with van der Waals surface area (Å²) < 4.78 is 24.9. The van der Waals surface area contributed by atoms with Gasteiger partial charge in [0.25, 0.3) is 0 Å². The Morgan fingerprint density at radius 2 is 1.95 bits per heavy atom. The van der Waals surface area contributed by atoms with Crippen molar-refractivity contribution in [3.63, 3.8) is 0 Å². The minimum Gasteiger partial charge on any atom is -0.466 e. The SMILES string of the molecule is CCOC(=O)C1CCN(C(=O)CC2=CSC3=NC(C)=C(C(=O)OC(C)C)[C@H](c4cccc(F)c4)N23)CC1. The highest BCUT2D eigenvalue weighted by molar-refractivity contribution is 8.16. The summed E-state index contributed by atoms with van der Waals surface area (Å²) in [6.07, 6.45) is 0.878. The number of rotatable bonds is 7. The van der Waals surface area contributed by atoms with E-state index in [1.54, 1.807) is 44.7 Å². The van der Waals surface area contributed by atoms with Crippen molar-refractivity contribution < 1.29 is 28.2 Å². The number of esters is 2. The molecule has 0 saturated carbocycles. The second-order valence-corrected chi connectivity index (χ2v) is 10.3. The molecular formula is C27H32FN3O5S. The minimum atomic E-state index is -0.682. The molecular weight excluding hydrogens is 497 g/mol. The van der Waals surface area contributed by atoms with Crippen molar-refractivity contribution in [2.24, 2.45) is 10.9 Å². The number of nitrogens with zero attached hydrogens (tertiary/aromatic N) is 3. The number of aliphatic imine (C=N–C) groups is 1. The molecule has 1 fully saturated rings. The molecule has 1 atom stereocenters. The summed E-state index contributed by atoms with van der Waals surface area (Å²) in [6.45, 7) is 8.35. The van der Waals surface area contributed by atoms with E-state index in [4.69, 9.17) is 9.47 Å². The number of amides is 1. The monoisotopic (exact) mass is 529 g/mol. The van der Waals surface area contributed by atoms with E-state index in [9.17, 15) is 18.8 Å². The van der Waals surface area contributed by atoms with E-state index in [-0.39, 0.29) is 30.3 Å². The average molecular weight is 530 g/mol. The summed E-state index contributed by atoms with van der Waals surface area (Å²) in [5.41, 5.74) is 2.07. The van der Waals surface area contributed by atoms with Crippen LogP contribution in [0.3, 0.4) is 0 Å². The summed E-state index contributed by atoms with van der Waals surface area (Å²) >= 11 is 1.37. The van der Waals surface area contributed by atoms with Crippen LogP contribution in [0.4, 0.5) is 4.39 Å². The number of allylic oxidation sites excluding steroid dienone is 1. The van der Waals surface area contributed by atoms with Crippen LogP contribution >= 0.6 is 11.8 Å². The highest BCUT2D eigenvalue weighted by Crippen LogP contribution is 2.45. The molecule has 0 unspecified atom stereocenters. The van der Waals surface area contributed by atoms with E-state index in [0.717, 1.165) is 0 Å². The van der Waals surface area contributed by atoms with Gasteiger partial charge in [0.1, 0.15) is 5.82 Å². The molecule has 1 aromatic rings. The molecule has 198 valence electrons. The Balaban J connectivity index is 1.57. The van der Waals surface area contributed by atoms with Gasteiger partial charge in [0, 0.05) is 18.8 Å². The molecule has 0 bridgehead atoms. The fourth-order valence-electron chi connectivity index (χ4n) is 4.79. The van der Waals surface area contributed by atoms with Gasteiger partial charge in [0.05, 0.1) is 42.4 Å². The van der Waals surface area contributed by atoms with Gasteiger partial charge < -0.3 is 19.3 Å². The third-order valence-electron chi connectivity index (χ3n) is 6.53. The van der Waals surface area contributed by atoms with Crippen LogP contribution in [0.1, 0.15) is 58.6 Å². The number of piperidine rings is 1. The lowest BCUT2D eigenvalue weighted by molar-refractivity contribution is -0.151. The Morgan fingerprint density at radius 1 is 1.22 bits per heavy atom. The maximum absolute atomic E-state index is 14.3. The summed E-state index contributed by atoms with van der Waals surface area (Å²) in [5, 5.41) is 2.48. The van der Waals surface area contributed by atoms with Crippen LogP contribution in [0.2, 0.25) is 0 Å². The van der Waals surface area contributed by atoms with Crippen molar-refractivity contribution in [3.05, 3.63) is 58.0 Å². The molecule has 10 heteroatoms. The molecule has 0 radical (unpaired) electrons. The molecule has 0 aliphatic carbocycles. The fraction of sp³-hybridized carbons (Fsp3) is 0.481. The quantitative estimate of drug-likeness (QED) is 0.479. The first-order valence-electron chi connectivity index (χ1n) is 12.5. The molecule has 0 aromatic heterocycles. The first-order valence-corrected chi connectivity index (χ1v) is 13.4. The van der Waals surface area contributed by atoms with Gasteiger partial charge in [-0.25, -0.2) is 14.2 Å². The number of carbonyl (C=O) groups is 3. The summed E-state index contributed by atoms with van der Waals surface area (Å²) in [6, 6.07) is 5.42. The van der Waals surface area contributed by atoms with Gasteiger partial charge in [0.2, 0.25) is 5.91 Å². The minimum absolute atomic E-state index is 0.0778. The second kappa shape index (κ2) is 11.5. The van der Waals surface area contributed by atoms with Gasteiger partial charge in [-0.3, -0.25) is 9.59 Å². The molecule has 4 rings (SSSR count). The number of fused-ring (bicyclic) bond motifs is 1. The van der Waals surface area contributed by atoms with E-state index < -0.39 is 17.8 Å². The molecule has 3 heterocycles. The predicted octanol–water partition coefficient (Wildman–Crippen LogP) is 4.54. The number of thioether (sulfide) groups is 1. The lowest BCUT2D eigenvalue weighted by Gasteiger charge is -2.37. The van der Waals surface area contributed by atoms with E-state index in [1.165, 1.54) is 23.9 Å². The predicted molar refractivity (Wildman–Crippen MR) is 139 cm³/mol. The van der Waals surface area contributed by atoms with Gasteiger partial charge in [-0.2, -0.15) is 0 Å². The van der Waals surface area contributed by atoms with Crippen molar-refractivity contribution >= 4 is 34.8 Å². The van der Waals surface area contributed by atoms with Crippen molar-refractivity contribution in [3.8, 4) is 0 Å². The third-order valence-corrected chi connectivity index (χ3v) is 7.42. The number of carbonyl (C=O) groups excluding carboxylic acids is 3. The lowest BCUT2D eigenvalue weighted by atomic mass is 9.93. The highest BCUT2D eigenvalue weighted by Gasteiger charge is 2.42. The maximum atomic E-state index is 14.3. The van der Waals surface area contributed by atoms with Gasteiger partial charge in [-0.1, -0.05) is 23.9 Å². The van der Waals surface area contributed by atoms with Crippen molar-refractivity contribution in [1.29, 1.82) is 0 Å². The molecule has 3 aliphatic heterocycles. The molecule has 0 spiro atoms. The zero-order chi connectivity index (χ0) is 26.7. The molecule has 8 nitrogen and oxygen atoms in total.